The molecule has 0 radical (unpaired) electrons. The topological polar surface area (TPSA) is 71.3 Å². The van der Waals surface area contributed by atoms with Crippen LogP contribution in [0.15, 0.2) is 48.5 Å². The van der Waals surface area contributed by atoms with Gasteiger partial charge < -0.3 is 14.8 Å². The first-order chi connectivity index (χ1) is 11.9. The molecule has 5 nitrogen and oxygen atoms in total. The van der Waals surface area contributed by atoms with Gasteiger partial charge in [0.05, 0.1) is 17.7 Å². The van der Waals surface area contributed by atoms with E-state index in [0.717, 1.165) is 11.3 Å². The van der Waals surface area contributed by atoms with Gasteiger partial charge in [-0.25, -0.2) is 0 Å². The highest BCUT2D eigenvalue weighted by atomic mass is 16.6. The Morgan fingerprint density at radius 3 is 2.60 bits per heavy atom. The predicted octanol–water partition coefficient (Wildman–Crippen LogP) is 3.81. The van der Waals surface area contributed by atoms with Crippen molar-refractivity contribution in [3.8, 4) is 11.8 Å². The Morgan fingerprint density at radius 1 is 1.24 bits per heavy atom. The van der Waals surface area contributed by atoms with Gasteiger partial charge in [0.2, 0.25) is 0 Å². The number of fused-ring (bicyclic) bond motifs is 1. The second kappa shape index (κ2) is 6.48. The summed E-state index contributed by atoms with van der Waals surface area (Å²) >= 11 is 0. The summed E-state index contributed by atoms with van der Waals surface area (Å²) in [5.41, 5.74) is 1.51. The normalized spacial score (nSPS) is 20.6. The molecule has 0 saturated carbocycles. The van der Waals surface area contributed by atoms with Gasteiger partial charge in [0.25, 0.3) is 0 Å². The maximum atomic E-state index is 11.7. The second-order valence-corrected chi connectivity index (χ2v) is 6.59. The third-order valence-corrected chi connectivity index (χ3v) is 4.22. The van der Waals surface area contributed by atoms with E-state index in [1.165, 1.54) is 6.92 Å². The van der Waals surface area contributed by atoms with E-state index < -0.39 is 11.7 Å². The third-order valence-electron chi connectivity index (χ3n) is 4.22. The van der Waals surface area contributed by atoms with Crippen LogP contribution >= 0.6 is 0 Å². The van der Waals surface area contributed by atoms with Gasteiger partial charge in [-0.1, -0.05) is 18.2 Å². The summed E-state index contributed by atoms with van der Waals surface area (Å²) in [6.07, 6.45) is -0.549. The van der Waals surface area contributed by atoms with Crippen molar-refractivity contribution in [3.05, 3.63) is 59.7 Å². The van der Waals surface area contributed by atoms with E-state index >= 15 is 0 Å². The van der Waals surface area contributed by atoms with Gasteiger partial charge in [0.1, 0.15) is 11.4 Å². The molecule has 1 N–H and O–H groups in total. The lowest BCUT2D eigenvalue weighted by molar-refractivity contribution is -0.160. The zero-order chi connectivity index (χ0) is 18.0. The Morgan fingerprint density at radius 2 is 1.96 bits per heavy atom. The Balaban J connectivity index is 2.09. The van der Waals surface area contributed by atoms with Crippen molar-refractivity contribution in [2.45, 2.75) is 38.5 Å². The van der Waals surface area contributed by atoms with E-state index in [9.17, 15) is 10.1 Å². The van der Waals surface area contributed by atoms with Gasteiger partial charge in [-0.15, -0.1) is 0 Å². The first kappa shape index (κ1) is 16.8. The highest BCUT2D eigenvalue weighted by molar-refractivity contribution is 5.67. The van der Waals surface area contributed by atoms with E-state index in [1.54, 1.807) is 18.2 Å². The highest BCUT2D eigenvalue weighted by Gasteiger charge is 2.46. The van der Waals surface area contributed by atoms with Crippen LogP contribution in [0.2, 0.25) is 0 Å². The fraction of sp³-hybridized carbons (Fsp3) is 0.300. The van der Waals surface area contributed by atoms with Crippen LogP contribution < -0.4 is 10.1 Å². The Hall–Kier alpha value is -3.00. The van der Waals surface area contributed by atoms with Crippen molar-refractivity contribution in [1.29, 1.82) is 5.26 Å². The average molecular weight is 336 g/mol. The molecule has 0 bridgehead atoms. The molecule has 1 aliphatic heterocycles. The molecule has 1 heterocycles. The van der Waals surface area contributed by atoms with Crippen LogP contribution in [0.25, 0.3) is 0 Å². The van der Waals surface area contributed by atoms with Crippen LogP contribution in [-0.2, 0) is 9.53 Å². The van der Waals surface area contributed by atoms with Crippen molar-refractivity contribution in [3.63, 3.8) is 0 Å². The number of benzene rings is 2. The zero-order valence-electron chi connectivity index (χ0n) is 14.4. The standard InChI is InChI=1S/C20H20N2O3/c1-13(23)24-19-18(22-15-7-5-4-6-8-15)16-11-14(12-21)9-10-17(16)25-20(19,2)3/h4-11,18-19,22H,1-3H3. The Bertz CT molecular complexity index is 825. The number of ether oxygens (including phenoxy) is 2. The molecular weight excluding hydrogens is 316 g/mol. The van der Waals surface area contributed by atoms with Crippen molar-refractivity contribution in [2.75, 3.05) is 5.32 Å². The highest BCUT2D eigenvalue weighted by Crippen LogP contribution is 2.43. The van der Waals surface area contributed by atoms with E-state index in [1.807, 2.05) is 44.2 Å². The quantitative estimate of drug-likeness (QED) is 0.863. The first-order valence-electron chi connectivity index (χ1n) is 8.12. The molecule has 0 fully saturated rings. The number of anilines is 1. The van der Waals surface area contributed by atoms with Crippen LogP contribution in [-0.4, -0.2) is 17.7 Å². The molecule has 25 heavy (non-hydrogen) atoms. The summed E-state index contributed by atoms with van der Waals surface area (Å²) in [6, 6.07) is 16.8. The van der Waals surface area contributed by atoms with Gasteiger partial charge in [0.15, 0.2) is 6.10 Å². The van der Waals surface area contributed by atoms with Crippen LogP contribution in [0.3, 0.4) is 0 Å². The summed E-state index contributed by atoms with van der Waals surface area (Å²) in [6.45, 7) is 5.17. The average Bonchev–Trinajstić information content (AvgIpc) is 2.58. The third kappa shape index (κ3) is 3.43. The van der Waals surface area contributed by atoms with Crippen LogP contribution in [0.5, 0.6) is 5.75 Å². The fourth-order valence-electron chi connectivity index (χ4n) is 3.12. The predicted molar refractivity (Wildman–Crippen MR) is 94.2 cm³/mol. The monoisotopic (exact) mass is 336 g/mol. The molecule has 3 rings (SSSR count). The molecular formula is C20H20N2O3. The molecule has 0 aliphatic carbocycles. The minimum absolute atomic E-state index is 0.335. The fourth-order valence-corrected chi connectivity index (χ4v) is 3.12. The molecule has 2 atom stereocenters. The minimum Gasteiger partial charge on any atom is -0.484 e. The number of nitrogens with one attached hydrogen (secondary N) is 1. The van der Waals surface area contributed by atoms with E-state index in [2.05, 4.69) is 11.4 Å². The summed E-state index contributed by atoms with van der Waals surface area (Å²) in [5.74, 6) is 0.308. The summed E-state index contributed by atoms with van der Waals surface area (Å²) in [5, 5.41) is 12.7. The summed E-state index contributed by atoms with van der Waals surface area (Å²) < 4.78 is 11.7. The molecule has 2 unspecified atom stereocenters. The van der Waals surface area contributed by atoms with Crippen molar-refractivity contribution in [1.82, 2.24) is 0 Å². The number of nitriles is 1. The van der Waals surface area contributed by atoms with E-state index in [4.69, 9.17) is 9.47 Å². The lowest BCUT2D eigenvalue weighted by Crippen LogP contribution is -2.52. The molecule has 1 aliphatic rings. The molecule has 2 aromatic rings. The number of carbonyl (C=O) groups is 1. The molecule has 0 amide bonds. The first-order valence-corrected chi connectivity index (χ1v) is 8.12. The second-order valence-electron chi connectivity index (χ2n) is 6.59. The smallest absolute Gasteiger partial charge is 0.303 e. The van der Waals surface area contributed by atoms with Crippen LogP contribution in [0.1, 0.15) is 37.9 Å². The maximum Gasteiger partial charge on any atom is 0.303 e. The molecule has 128 valence electrons. The van der Waals surface area contributed by atoms with Gasteiger partial charge in [-0.05, 0) is 44.2 Å². The number of esters is 1. The van der Waals surface area contributed by atoms with Gasteiger partial charge in [-0.2, -0.15) is 5.26 Å². The van der Waals surface area contributed by atoms with Crippen LogP contribution in [0.4, 0.5) is 5.69 Å². The largest absolute Gasteiger partial charge is 0.484 e. The van der Waals surface area contributed by atoms with Gasteiger partial charge >= 0.3 is 5.97 Å². The molecule has 5 heteroatoms. The van der Waals surface area contributed by atoms with Crippen molar-refractivity contribution in [2.24, 2.45) is 0 Å². The SMILES string of the molecule is CC(=O)OC1C(Nc2ccccc2)c2cc(C#N)ccc2OC1(C)C. The number of hydrogen-bond donors (Lipinski definition) is 1. The number of nitrogens with zero attached hydrogens (tertiary/aromatic N) is 1. The molecule has 0 spiro atoms. The van der Waals surface area contributed by atoms with Crippen molar-refractivity contribution >= 4 is 11.7 Å². The minimum atomic E-state index is -0.723. The Labute approximate surface area is 147 Å². The molecule has 0 saturated heterocycles. The summed E-state index contributed by atoms with van der Waals surface area (Å²) in [7, 11) is 0. The van der Waals surface area contributed by atoms with Crippen LogP contribution in [0, 0.1) is 11.3 Å². The van der Waals surface area contributed by atoms with E-state index in [0.29, 0.717) is 11.3 Å². The van der Waals surface area contributed by atoms with Gasteiger partial charge in [0, 0.05) is 18.2 Å². The molecule has 0 aromatic heterocycles. The molecule has 2 aromatic carbocycles. The number of hydrogen-bond acceptors (Lipinski definition) is 5. The number of carbonyl (C=O) groups excluding carboxylic acids is 1. The Kier molecular flexibility index (Phi) is 4.37. The van der Waals surface area contributed by atoms with E-state index in [-0.39, 0.29) is 12.0 Å². The number of rotatable bonds is 3. The summed E-state index contributed by atoms with van der Waals surface area (Å²) in [4.78, 5) is 11.7. The lowest BCUT2D eigenvalue weighted by Gasteiger charge is -2.44. The maximum absolute atomic E-state index is 11.7. The zero-order valence-corrected chi connectivity index (χ0v) is 14.4. The lowest BCUT2D eigenvalue weighted by atomic mass is 9.85. The van der Waals surface area contributed by atoms with Crippen molar-refractivity contribution < 1.29 is 14.3 Å². The van der Waals surface area contributed by atoms with Gasteiger partial charge in [-0.3, -0.25) is 4.79 Å². The number of para-hydroxylation sites is 1.